The highest BCUT2D eigenvalue weighted by Gasteiger charge is 2.12. The molecule has 0 atom stereocenters. The lowest BCUT2D eigenvalue weighted by Crippen LogP contribution is -2.22. The van der Waals surface area contributed by atoms with Gasteiger partial charge in [0, 0.05) is 25.2 Å². The first-order valence-electron chi connectivity index (χ1n) is 9.79. The monoisotopic (exact) mass is 397 g/mol. The van der Waals surface area contributed by atoms with Crippen molar-refractivity contribution in [2.75, 3.05) is 0 Å². The van der Waals surface area contributed by atoms with Gasteiger partial charge in [0.05, 0.1) is 17.6 Å². The van der Waals surface area contributed by atoms with Crippen molar-refractivity contribution in [3.63, 3.8) is 0 Å². The Hall–Kier alpha value is -3.77. The van der Waals surface area contributed by atoms with E-state index in [2.05, 4.69) is 63.7 Å². The van der Waals surface area contributed by atoms with Gasteiger partial charge in [-0.3, -0.25) is 9.69 Å². The van der Waals surface area contributed by atoms with Crippen LogP contribution in [0.15, 0.2) is 91.1 Å². The summed E-state index contributed by atoms with van der Waals surface area (Å²) in [5.41, 5.74) is 9.99. The molecular weight excluding hydrogens is 374 g/mol. The fourth-order valence-corrected chi connectivity index (χ4v) is 3.36. The van der Waals surface area contributed by atoms with Gasteiger partial charge in [-0.1, -0.05) is 65.9 Å². The highest BCUT2D eigenvalue weighted by atomic mass is 16.1. The van der Waals surface area contributed by atoms with Gasteiger partial charge in [-0.15, -0.1) is 5.10 Å². The van der Waals surface area contributed by atoms with Crippen molar-refractivity contribution in [3.05, 3.63) is 114 Å². The van der Waals surface area contributed by atoms with Crippen LogP contribution in [0.1, 0.15) is 27.2 Å². The van der Waals surface area contributed by atoms with Crippen molar-refractivity contribution < 1.29 is 4.79 Å². The number of benzene rings is 3. The van der Waals surface area contributed by atoms with Crippen LogP contribution in [0.5, 0.6) is 0 Å². The van der Waals surface area contributed by atoms with Crippen LogP contribution in [0.25, 0.3) is 5.69 Å². The van der Waals surface area contributed by atoms with E-state index in [9.17, 15) is 4.79 Å². The second kappa shape index (κ2) is 9.15. The van der Waals surface area contributed by atoms with Crippen LogP contribution < -0.4 is 5.73 Å². The highest BCUT2D eigenvalue weighted by Crippen LogP contribution is 2.14. The molecule has 1 heterocycles. The Morgan fingerprint density at radius 3 is 1.90 bits per heavy atom. The number of primary amides is 1. The predicted octanol–water partition coefficient (Wildman–Crippen LogP) is 3.57. The van der Waals surface area contributed by atoms with Crippen molar-refractivity contribution in [2.45, 2.75) is 19.6 Å². The van der Waals surface area contributed by atoms with Crippen LogP contribution in [0.2, 0.25) is 0 Å². The van der Waals surface area contributed by atoms with Gasteiger partial charge in [-0.2, -0.15) is 0 Å². The first kappa shape index (κ1) is 19.5. The van der Waals surface area contributed by atoms with Crippen LogP contribution in [-0.4, -0.2) is 25.8 Å². The van der Waals surface area contributed by atoms with Gasteiger partial charge in [0.1, 0.15) is 0 Å². The smallest absolute Gasteiger partial charge is 0.248 e. The molecule has 3 aromatic carbocycles. The van der Waals surface area contributed by atoms with Crippen molar-refractivity contribution in [1.29, 1.82) is 0 Å². The van der Waals surface area contributed by atoms with E-state index in [0.717, 1.165) is 24.5 Å². The number of nitrogens with zero attached hydrogens (tertiary/aromatic N) is 4. The van der Waals surface area contributed by atoms with Crippen molar-refractivity contribution >= 4 is 5.91 Å². The largest absolute Gasteiger partial charge is 0.366 e. The van der Waals surface area contributed by atoms with Crippen LogP contribution in [0, 0.1) is 0 Å². The Morgan fingerprint density at radius 1 is 0.800 bits per heavy atom. The summed E-state index contributed by atoms with van der Waals surface area (Å²) in [4.78, 5) is 13.6. The van der Waals surface area contributed by atoms with Crippen molar-refractivity contribution in [3.8, 4) is 5.69 Å². The molecule has 0 bridgehead atoms. The zero-order valence-corrected chi connectivity index (χ0v) is 16.6. The second-order valence-electron chi connectivity index (χ2n) is 7.18. The Labute approximate surface area is 175 Å². The summed E-state index contributed by atoms with van der Waals surface area (Å²) < 4.78 is 1.71. The molecule has 4 rings (SSSR count). The molecule has 2 N–H and O–H groups in total. The maximum Gasteiger partial charge on any atom is 0.248 e. The number of hydrogen-bond donors (Lipinski definition) is 1. The molecule has 6 nitrogen and oxygen atoms in total. The van der Waals surface area contributed by atoms with Crippen molar-refractivity contribution in [1.82, 2.24) is 19.9 Å². The predicted molar refractivity (Wildman–Crippen MR) is 116 cm³/mol. The Balaban J connectivity index is 1.51. The molecule has 30 heavy (non-hydrogen) atoms. The second-order valence-corrected chi connectivity index (χ2v) is 7.18. The number of carbonyl (C=O) groups is 1. The molecule has 0 fully saturated rings. The maximum absolute atomic E-state index is 11.3. The van der Waals surface area contributed by atoms with E-state index in [0.29, 0.717) is 12.1 Å². The molecule has 0 radical (unpaired) electrons. The summed E-state index contributed by atoms with van der Waals surface area (Å²) >= 11 is 0. The summed E-state index contributed by atoms with van der Waals surface area (Å²) in [6.45, 7) is 2.30. The third-order valence-electron chi connectivity index (χ3n) is 4.84. The Kier molecular flexibility index (Phi) is 5.96. The molecule has 0 unspecified atom stereocenters. The number of aromatic nitrogens is 3. The molecule has 0 aliphatic heterocycles. The highest BCUT2D eigenvalue weighted by molar-refractivity contribution is 5.92. The Bertz CT molecular complexity index is 1050. The molecule has 0 saturated carbocycles. The number of carbonyl (C=O) groups excluding carboxylic acids is 1. The minimum Gasteiger partial charge on any atom is -0.366 e. The minimum atomic E-state index is -0.446. The van der Waals surface area contributed by atoms with E-state index >= 15 is 0 Å². The number of rotatable bonds is 8. The van der Waals surface area contributed by atoms with Gasteiger partial charge in [-0.25, -0.2) is 4.68 Å². The van der Waals surface area contributed by atoms with Gasteiger partial charge in [0.15, 0.2) is 0 Å². The van der Waals surface area contributed by atoms with Crippen LogP contribution in [0.4, 0.5) is 0 Å². The summed E-state index contributed by atoms with van der Waals surface area (Å²) in [5, 5.41) is 8.60. The van der Waals surface area contributed by atoms with Crippen molar-refractivity contribution in [2.24, 2.45) is 5.73 Å². The van der Waals surface area contributed by atoms with E-state index < -0.39 is 5.91 Å². The molecule has 0 aliphatic rings. The normalized spacial score (nSPS) is 11.0. The molecule has 1 aromatic heterocycles. The maximum atomic E-state index is 11.3. The standard InChI is InChI=1S/C24H23N5O/c25-24(30)21-11-13-23(14-12-21)29-18-22(26-27-29)17-28(15-19-7-3-1-4-8-19)16-20-9-5-2-6-10-20/h1-14,18H,15-17H2,(H2,25,30). The molecular formula is C24H23N5O. The summed E-state index contributed by atoms with van der Waals surface area (Å²) in [6, 6.07) is 27.8. The number of hydrogen-bond acceptors (Lipinski definition) is 4. The zero-order valence-electron chi connectivity index (χ0n) is 16.6. The quantitative estimate of drug-likeness (QED) is 0.493. The molecule has 0 saturated heterocycles. The molecule has 4 aromatic rings. The lowest BCUT2D eigenvalue weighted by molar-refractivity contribution is 0.100. The molecule has 1 amide bonds. The number of amides is 1. The summed E-state index contributed by atoms with van der Waals surface area (Å²) in [5.74, 6) is -0.446. The topological polar surface area (TPSA) is 77.0 Å². The molecule has 0 spiro atoms. The molecule has 6 heteroatoms. The SMILES string of the molecule is NC(=O)c1ccc(-n2cc(CN(Cc3ccccc3)Cc3ccccc3)nn2)cc1. The van der Waals surface area contributed by atoms with Gasteiger partial charge >= 0.3 is 0 Å². The Morgan fingerprint density at radius 2 is 1.37 bits per heavy atom. The molecule has 150 valence electrons. The summed E-state index contributed by atoms with van der Waals surface area (Å²) in [7, 11) is 0. The van der Waals surface area contributed by atoms with Gasteiger partial charge in [0.2, 0.25) is 5.91 Å². The first-order chi connectivity index (χ1) is 14.7. The third-order valence-corrected chi connectivity index (χ3v) is 4.84. The number of nitrogens with two attached hydrogens (primary N) is 1. The van der Waals surface area contributed by atoms with Gasteiger partial charge in [-0.05, 0) is 35.4 Å². The zero-order chi connectivity index (χ0) is 20.8. The van der Waals surface area contributed by atoms with Gasteiger partial charge < -0.3 is 5.73 Å². The van der Waals surface area contributed by atoms with Crippen LogP contribution >= 0.6 is 0 Å². The van der Waals surface area contributed by atoms with Crippen LogP contribution in [0.3, 0.4) is 0 Å². The molecule has 0 aliphatic carbocycles. The van der Waals surface area contributed by atoms with E-state index in [1.807, 2.05) is 30.5 Å². The fourth-order valence-electron chi connectivity index (χ4n) is 3.36. The van der Waals surface area contributed by atoms with E-state index in [4.69, 9.17) is 5.73 Å². The average molecular weight is 397 g/mol. The summed E-state index contributed by atoms with van der Waals surface area (Å²) in [6.07, 6.45) is 1.92. The minimum absolute atomic E-state index is 0.446. The van der Waals surface area contributed by atoms with Gasteiger partial charge in [0.25, 0.3) is 0 Å². The lowest BCUT2D eigenvalue weighted by atomic mass is 10.1. The first-order valence-corrected chi connectivity index (χ1v) is 9.79. The lowest BCUT2D eigenvalue weighted by Gasteiger charge is -2.21. The van der Waals surface area contributed by atoms with Crippen LogP contribution in [-0.2, 0) is 19.6 Å². The third kappa shape index (κ3) is 4.98. The fraction of sp³-hybridized carbons (Fsp3) is 0.125. The van der Waals surface area contributed by atoms with E-state index in [-0.39, 0.29) is 0 Å². The average Bonchev–Trinajstić information content (AvgIpc) is 3.24. The van der Waals surface area contributed by atoms with E-state index in [1.54, 1.807) is 16.8 Å². The van der Waals surface area contributed by atoms with E-state index in [1.165, 1.54) is 11.1 Å².